The summed E-state index contributed by atoms with van der Waals surface area (Å²) in [5.41, 5.74) is 2.25. The molecule has 23 heavy (non-hydrogen) atoms. The molecule has 1 aliphatic carbocycles. The zero-order chi connectivity index (χ0) is 15.6. The lowest BCUT2D eigenvalue weighted by Gasteiger charge is -2.25. The minimum Gasteiger partial charge on any atom is -0.368 e. The number of aromatic nitrogens is 3. The standard InChI is InChI=1S/C17H20N4O2/c22-17(15-7-4-10-23-15)20-13-5-3-6-14-12(13)11-19-21(14)16-8-1-2-9-18-16/h1-2,8-9,11,13,15H,3-7,10H2,(H,20,22)/t13-,15-/m0/s1. The first kappa shape index (κ1) is 14.4. The topological polar surface area (TPSA) is 69.0 Å². The van der Waals surface area contributed by atoms with E-state index >= 15 is 0 Å². The summed E-state index contributed by atoms with van der Waals surface area (Å²) in [6.45, 7) is 0.686. The number of carbonyl (C=O) groups excluding carboxylic acids is 1. The fourth-order valence-corrected chi connectivity index (χ4v) is 3.43. The lowest BCUT2D eigenvalue weighted by molar-refractivity contribution is -0.130. The summed E-state index contributed by atoms with van der Waals surface area (Å²) >= 11 is 0. The van der Waals surface area contributed by atoms with Crippen LogP contribution in [0.5, 0.6) is 0 Å². The molecule has 3 heterocycles. The van der Waals surface area contributed by atoms with Gasteiger partial charge in [-0.05, 0) is 44.2 Å². The number of nitrogens with zero attached hydrogens (tertiary/aromatic N) is 3. The smallest absolute Gasteiger partial charge is 0.249 e. The SMILES string of the molecule is O=C(N[C@H]1CCCc2c1cnn2-c1ccccn1)[C@@H]1CCCO1. The number of hydrogen-bond donors (Lipinski definition) is 1. The van der Waals surface area contributed by atoms with Crippen molar-refractivity contribution >= 4 is 5.91 Å². The Morgan fingerprint density at radius 3 is 3.04 bits per heavy atom. The van der Waals surface area contributed by atoms with E-state index in [1.165, 1.54) is 0 Å². The molecule has 1 aliphatic heterocycles. The number of carbonyl (C=O) groups is 1. The first-order valence-electron chi connectivity index (χ1n) is 8.23. The molecule has 1 amide bonds. The Morgan fingerprint density at radius 2 is 2.26 bits per heavy atom. The first-order chi connectivity index (χ1) is 11.3. The average molecular weight is 312 g/mol. The van der Waals surface area contributed by atoms with Crippen molar-refractivity contribution in [1.82, 2.24) is 20.1 Å². The van der Waals surface area contributed by atoms with Crippen molar-refractivity contribution in [2.45, 2.75) is 44.2 Å². The Labute approximate surface area is 134 Å². The quantitative estimate of drug-likeness (QED) is 0.940. The fraction of sp³-hybridized carbons (Fsp3) is 0.471. The number of ether oxygens (including phenoxy) is 1. The van der Waals surface area contributed by atoms with Gasteiger partial charge in [0.1, 0.15) is 6.10 Å². The Morgan fingerprint density at radius 1 is 1.30 bits per heavy atom. The van der Waals surface area contributed by atoms with Crippen molar-refractivity contribution in [1.29, 1.82) is 0 Å². The van der Waals surface area contributed by atoms with Crippen LogP contribution in [0.3, 0.4) is 0 Å². The van der Waals surface area contributed by atoms with E-state index in [-0.39, 0.29) is 18.1 Å². The van der Waals surface area contributed by atoms with Crippen LogP contribution in [0.15, 0.2) is 30.6 Å². The second kappa shape index (κ2) is 6.12. The molecule has 0 unspecified atom stereocenters. The number of rotatable bonds is 3. The highest BCUT2D eigenvalue weighted by Crippen LogP contribution is 2.31. The first-order valence-corrected chi connectivity index (χ1v) is 8.23. The van der Waals surface area contributed by atoms with Gasteiger partial charge in [-0.3, -0.25) is 4.79 Å². The molecule has 0 radical (unpaired) electrons. The number of hydrogen-bond acceptors (Lipinski definition) is 4. The van der Waals surface area contributed by atoms with Gasteiger partial charge < -0.3 is 10.1 Å². The van der Waals surface area contributed by atoms with Gasteiger partial charge in [-0.15, -0.1) is 0 Å². The number of amides is 1. The van der Waals surface area contributed by atoms with E-state index in [4.69, 9.17) is 4.74 Å². The largest absolute Gasteiger partial charge is 0.368 e. The molecule has 2 aromatic heterocycles. The maximum absolute atomic E-state index is 12.3. The summed E-state index contributed by atoms with van der Waals surface area (Å²) in [6.07, 6.45) is 8.06. The molecule has 6 heteroatoms. The van der Waals surface area contributed by atoms with Crippen molar-refractivity contribution in [2.24, 2.45) is 0 Å². The molecule has 2 aromatic rings. The minimum atomic E-state index is -0.286. The predicted octanol–water partition coefficient (Wildman–Crippen LogP) is 1.94. The molecule has 4 rings (SSSR count). The highest BCUT2D eigenvalue weighted by molar-refractivity contribution is 5.81. The van der Waals surface area contributed by atoms with Gasteiger partial charge in [0, 0.05) is 18.4 Å². The van der Waals surface area contributed by atoms with Gasteiger partial charge >= 0.3 is 0 Å². The molecule has 0 spiro atoms. The summed E-state index contributed by atoms with van der Waals surface area (Å²) in [6, 6.07) is 5.81. The monoisotopic (exact) mass is 312 g/mol. The van der Waals surface area contributed by atoms with Gasteiger partial charge in [-0.2, -0.15) is 5.10 Å². The van der Waals surface area contributed by atoms with E-state index in [0.717, 1.165) is 49.2 Å². The van der Waals surface area contributed by atoms with Gasteiger partial charge in [-0.25, -0.2) is 9.67 Å². The molecule has 6 nitrogen and oxygen atoms in total. The van der Waals surface area contributed by atoms with Crippen LogP contribution in [-0.4, -0.2) is 33.4 Å². The molecule has 2 aliphatic rings. The Bertz CT molecular complexity index is 692. The fourth-order valence-electron chi connectivity index (χ4n) is 3.43. The average Bonchev–Trinajstić information content (AvgIpc) is 3.26. The van der Waals surface area contributed by atoms with Crippen LogP contribution < -0.4 is 5.32 Å². The molecule has 120 valence electrons. The number of nitrogens with one attached hydrogen (secondary N) is 1. The Hall–Kier alpha value is -2.21. The summed E-state index contributed by atoms with van der Waals surface area (Å²) in [4.78, 5) is 16.7. The number of pyridine rings is 1. The molecular weight excluding hydrogens is 292 g/mol. The number of fused-ring (bicyclic) bond motifs is 1. The Balaban J connectivity index is 1.57. The summed E-state index contributed by atoms with van der Waals surface area (Å²) in [7, 11) is 0. The van der Waals surface area contributed by atoms with E-state index in [9.17, 15) is 4.79 Å². The summed E-state index contributed by atoms with van der Waals surface area (Å²) in [5.74, 6) is 0.825. The molecule has 1 saturated heterocycles. The van der Waals surface area contributed by atoms with E-state index in [0.29, 0.717) is 6.61 Å². The van der Waals surface area contributed by atoms with Crippen LogP contribution in [0.1, 0.15) is 43.0 Å². The second-order valence-corrected chi connectivity index (χ2v) is 6.10. The molecule has 0 bridgehead atoms. The summed E-state index contributed by atoms with van der Waals surface area (Å²) < 4.78 is 7.36. The lowest BCUT2D eigenvalue weighted by atomic mass is 9.92. The second-order valence-electron chi connectivity index (χ2n) is 6.10. The third-order valence-corrected chi connectivity index (χ3v) is 4.59. The van der Waals surface area contributed by atoms with E-state index < -0.39 is 0 Å². The minimum absolute atomic E-state index is 0.00550. The van der Waals surface area contributed by atoms with Crippen LogP contribution >= 0.6 is 0 Å². The molecular formula is C17H20N4O2. The molecule has 1 N–H and O–H groups in total. The molecule has 0 aromatic carbocycles. The van der Waals surface area contributed by atoms with Gasteiger partial charge in [0.2, 0.25) is 5.91 Å². The van der Waals surface area contributed by atoms with Crippen molar-refractivity contribution in [2.75, 3.05) is 6.61 Å². The highest BCUT2D eigenvalue weighted by Gasteiger charge is 2.30. The summed E-state index contributed by atoms with van der Waals surface area (Å²) in [5, 5.41) is 7.64. The van der Waals surface area contributed by atoms with Crippen LogP contribution in [0, 0.1) is 0 Å². The van der Waals surface area contributed by atoms with Crippen LogP contribution in [0.4, 0.5) is 0 Å². The normalized spacial score (nSPS) is 23.5. The van der Waals surface area contributed by atoms with Gasteiger partial charge in [0.05, 0.1) is 17.9 Å². The molecule has 1 fully saturated rings. The lowest BCUT2D eigenvalue weighted by Crippen LogP contribution is -2.38. The zero-order valence-corrected chi connectivity index (χ0v) is 12.9. The van der Waals surface area contributed by atoms with Gasteiger partial charge in [0.25, 0.3) is 0 Å². The van der Waals surface area contributed by atoms with E-state index in [1.807, 2.05) is 29.1 Å². The maximum atomic E-state index is 12.3. The zero-order valence-electron chi connectivity index (χ0n) is 12.9. The highest BCUT2D eigenvalue weighted by atomic mass is 16.5. The van der Waals surface area contributed by atoms with Crippen molar-refractivity contribution in [3.8, 4) is 5.82 Å². The van der Waals surface area contributed by atoms with Crippen molar-refractivity contribution in [3.63, 3.8) is 0 Å². The molecule has 0 saturated carbocycles. The Kier molecular flexibility index (Phi) is 3.83. The van der Waals surface area contributed by atoms with Gasteiger partial charge in [0.15, 0.2) is 5.82 Å². The third-order valence-electron chi connectivity index (χ3n) is 4.59. The van der Waals surface area contributed by atoms with Crippen LogP contribution in [-0.2, 0) is 16.0 Å². The van der Waals surface area contributed by atoms with Gasteiger partial charge in [-0.1, -0.05) is 6.07 Å². The molecule has 2 atom stereocenters. The van der Waals surface area contributed by atoms with Crippen molar-refractivity contribution in [3.05, 3.63) is 41.9 Å². The van der Waals surface area contributed by atoms with E-state index in [1.54, 1.807) is 6.20 Å². The maximum Gasteiger partial charge on any atom is 0.249 e. The third kappa shape index (κ3) is 2.74. The van der Waals surface area contributed by atoms with Crippen LogP contribution in [0.25, 0.3) is 5.82 Å². The van der Waals surface area contributed by atoms with Crippen molar-refractivity contribution < 1.29 is 9.53 Å². The van der Waals surface area contributed by atoms with E-state index in [2.05, 4.69) is 15.4 Å². The van der Waals surface area contributed by atoms with Crippen LogP contribution in [0.2, 0.25) is 0 Å². The predicted molar refractivity (Wildman–Crippen MR) is 84.2 cm³/mol.